The molecular formula is C18H23N3O5S. The molecule has 2 heterocycles. The Bertz CT molecular complexity index is 1090. The lowest BCUT2D eigenvalue weighted by molar-refractivity contribution is -0.0586. The van der Waals surface area contributed by atoms with Gasteiger partial charge in [-0.1, -0.05) is 31.2 Å². The molecule has 0 bridgehead atoms. The van der Waals surface area contributed by atoms with Crippen LogP contribution in [0.2, 0.25) is 0 Å². The zero-order valence-electron chi connectivity index (χ0n) is 15.6. The van der Waals surface area contributed by atoms with Gasteiger partial charge >= 0.3 is 5.69 Å². The second-order valence-corrected chi connectivity index (χ2v) is 8.41. The van der Waals surface area contributed by atoms with Crippen LogP contribution in [0.25, 0.3) is 0 Å². The Labute approximate surface area is 157 Å². The highest BCUT2D eigenvalue weighted by molar-refractivity contribution is 7.89. The Morgan fingerprint density at radius 2 is 1.93 bits per heavy atom. The van der Waals surface area contributed by atoms with Gasteiger partial charge in [0.15, 0.2) is 4.90 Å². The number of rotatable bonds is 5. The number of aromatic nitrogens is 2. The molecule has 1 aliphatic rings. The summed E-state index contributed by atoms with van der Waals surface area (Å²) in [6, 6.07) is 7.80. The summed E-state index contributed by atoms with van der Waals surface area (Å²) in [5.41, 5.74) is -0.166. The fourth-order valence-electron chi connectivity index (χ4n) is 3.43. The van der Waals surface area contributed by atoms with Gasteiger partial charge in [-0.25, -0.2) is 17.9 Å². The zero-order chi connectivity index (χ0) is 19.8. The van der Waals surface area contributed by atoms with Crippen LogP contribution in [0.3, 0.4) is 0 Å². The Morgan fingerprint density at radius 1 is 1.22 bits per heavy atom. The van der Waals surface area contributed by atoms with Crippen LogP contribution in [-0.2, 0) is 40.9 Å². The largest absolute Gasteiger partial charge is 0.369 e. The van der Waals surface area contributed by atoms with E-state index in [1.807, 2.05) is 31.2 Å². The quantitative estimate of drug-likeness (QED) is 0.785. The van der Waals surface area contributed by atoms with Gasteiger partial charge in [0.1, 0.15) is 5.60 Å². The van der Waals surface area contributed by atoms with Gasteiger partial charge in [-0.2, -0.15) is 0 Å². The molecule has 1 atom stereocenters. The molecule has 146 valence electrons. The van der Waals surface area contributed by atoms with E-state index in [0.717, 1.165) is 32.9 Å². The van der Waals surface area contributed by atoms with Crippen LogP contribution in [0.15, 0.2) is 44.9 Å². The molecule has 3 rings (SSSR count). The van der Waals surface area contributed by atoms with Crippen molar-refractivity contribution in [2.24, 2.45) is 14.1 Å². The number of benzene rings is 1. The van der Waals surface area contributed by atoms with Gasteiger partial charge in [-0.3, -0.25) is 9.36 Å². The molecule has 27 heavy (non-hydrogen) atoms. The van der Waals surface area contributed by atoms with Crippen LogP contribution in [-0.4, -0.2) is 30.7 Å². The predicted molar refractivity (Wildman–Crippen MR) is 100 cm³/mol. The third-order valence-corrected chi connectivity index (χ3v) is 6.46. The van der Waals surface area contributed by atoms with Crippen LogP contribution in [0.4, 0.5) is 0 Å². The Morgan fingerprint density at radius 3 is 2.63 bits per heavy atom. The molecule has 8 nitrogen and oxygen atoms in total. The molecule has 1 unspecified atom stereocenters. The topological polar surface area (TPSA) is 99.4 Å². The van der Waals surface area contributed by atoms with Crippen molar-refractivity contribution in [3.05, 3.63) is 62.4 Å². The van der Waals surface area contributed by atoms with E-state index >= 15 is 0 Å². The van der Waals surface area contributed by atoms with Crippen molar-refractivity contribution in [1.82, 2.24) is 13.9 Å². The van der Waals surface area contributed by atoms with Crippen LogP contribution in [0, 0.1) is 0 Å². The summed E-state index contributed by atoms with van der Waals surface area (Å²) in [4.78, 5) is 23.6. The molecule has 2 aromatic rings. The number of hydrogen-bond acceptors (Lipinski definition) is 5. The smallest absolute Gasteiger partial charge is 0.330 e. The number of ether oxygens (including phenoxy) is 1. The van der Waals surface area contributed by atoms with E-state index in [-0.39, 0.29) is 6.54 Å². The Kier molecular flexibility index (Phi) is 5.11. The predicted octanol–water partition coefficient (Wildman–Crippen LogP) is 0.241. The second-order valence-electron chi connectivity index (χ2n) is 6.68. The monoisotopic (exact) mass is 393 g/mol. The summed E-state index contributed by atoms with van der Waals surface area (Å²) in [6.45, 7) is 2.42. The molecule has 0 saturated carbocycles. The summed E-state index contributed by atoms with van der Waals surface area (Å²) in [6.07, 6.45) is 2.38. The first-order valence-corrected chi connectivity index (χ1v) is 10.2. The summed E-state index contributed by atoms with van der Waals surface area (Å²) >= 11 is 0. The van der Waals surface area contributed by atoms with Gasteiger partial charge in [0.05, 0.1) is 6.61 Å². The van der Waals surface area contributed by atoms with E-state index in [0.29, 0.717) is 13.0 Å². The highest BCUT2D eigenvalue weighted by Gasteiger charge is 2.37. The van der Waals surface area contributed by atoms with Gasteiger partial charge < -0.3 is 9.30 Å². The number of fused-ring (bicyclic) bond motifs is 1. The third kappa shape index (κ3) is 3.38. The Hall–Kier alpha value is -2.23. The van der Waals surface area contributed by atoms with E-state index in [1.54, 1.807) is 0 Å². The second kappa shape index (κ2) is 7.06. The van der Waals surface area contributed by atoms with Crippen molar-refractivity contribution >= 4 is 10.0 Å². The van der Waals surface area contributed by atoms with Crippen molar-refractivity contribution in [2.45, 2.75) is 30.3 Å². The zero-order valence-corrected chi connectivity index (χ0v) is 16.4. The first kappa shape index (κ1) is 19.5. The molecule has 0 aliphatic carbocycles. The number of hydrogen-bond donors (Lipinski definition) is 1. The minimum Gasteiger partial charge on any atom is -0.369 e. The molecule has 1 aromatic carbocycles. The lowest BCUT2D eigenvalue weighted by Gasteiger charge is -2.38. The summed E-state index contributed by atoms with van der Waals surface area (Å²) in [7, 11) is -1.48. The molecule has 0 saturated heterocycles. The standard InChI is InChI=1S/C18H23N3O5S/c1-4-18(14-8-6-5-7-13(14)9-10-26-18)12-19-27(24,25)15-11-20(2)17(23)21(3)16(15)22/h5-8,11,19H,4,9-10,12H2,1-3H3. The van der Waals surface area contributed by atoms with Gasteiger partial charge in [0.25, 0.3) is 5.56 Å². The number of nitrogens with zero attached hydrogens (tertiary/aromatic N) is 2. The first-order chi connectivity index (χ1) is 12.7. The van der Waals surface area contributed by atoms with Crippen molar-refractivity contribution in [3.8, 4) is 0 Å². The number of sulfonamides is 1. The van der Waals surface area contributed by atoms with Gasteiger partial charge in [-0.15, -0.1) is 0 Å². The average molecular weight is 393 g/mol. The molecule has 1 N–H and O–H groups in total. The van der Waals surface area contributed by atoms with Gasteiger partial charge in [0, 0.05) is 26.8 Å². The molecule has 9 heteroatoms. The fraction of sp³-hybridized carbons (Fsp3) is 0.444. The maximum absolute atomic E-state index is 12.8. The fourth-order valence-corrected chi connectivity index (χ4v) is 4.67. The highest BCUT2D eigenvalue weighted by atomic mass is 32.2. The average Bonchev–Trinajstić information content (AvgIpc) is 2.67. The van der Waals surface area contributed by atoms with E-state index in [2.05, 4.69) is 4.72 Å². The SMILES string of the molecule is CCC1(CNS(=O)(=O)c2cn(C)c(=O)n(C)c2=O)OCCc2ccccc21. The van der Waals surface area contributed by atoms with Crippen molar-refractivity contribution in [2.75, 3.05) is 13.2 Å². The van der Waals surface area contributed by atoms with E-state index in [1.165, 1.54) is 14.1 Å². The van der Waals surface area contributed by atoms with E-state index < -0.39 is 31.8 Å². The normalized spacial score (nSPS) is 19.7. The van der Waals surface area contributed by atoms with Crippen LogP contribution >= 0.6 is 0 Å². The lowest BCUT2D eigenvalue weighted by atomic mass is 9.84. The molecule has 0 fully saturated rings. The van der Waals surface area contributed by atoms with Gasteiger partial charge in [0.2, 0.25) is 10.0 Å². The molecule has 1 aliphatic heterocycles. The van der Waals surface area contributed by atoms with Crippen LogP contribution < -0.4 is 16.0 Å². The number of nitrogens with one attached hydrogen (secondary N) is 1. The maximum atomic E-state index is 12.8. The highest BCUT2D eigenvalue weighted by Crippen LogP contribution is 2.35. The molecule has 0 amide bonds. The van der Waals surface area contributed by atoms with Crippen LogP contribution in [0.1, 0.15) is 24.5 Å². The summed E-state index contributed by atoms with van der Waals surface area (Å²) < 4.78 is 35.9. The van der Waals surface area contributed by atoms with Crippen molar-refractivity contribution in [3.63, 3.8) is 0 Å². The lowest BCUT2D eigenvalue weighted by Crippen LogP contribution is -2.47. The Balaban J connectivity index is 1.97. The van der Waals surface area contributed by atoms with E-state index in [9.17, 15) is 18.0 Å². The van der Waals surface area contributed by atoms with Crippen molar-refractivity contribution in [1.29, 1.82) is 0 Å². The molecule has 1 aromatic heterocycles. The van der Waals surface area contributed by atoms with Crippen LogP contribution in [0.5, 0.6) is 0 Å². The third-order valence-electron chi connectivity index (χ3n) is 5.08. The van der Waals surface area contributed by atoms with E-state index in [4.69, 9.17) is 4.74 Å². The minimum atomic E-state index is -4.13. The van der Waals surface area contributed by atoms with Crippen molar-refractivity contribution < 1.29 is 13.2 Å². The summed E-state index contributed by atoms with van der Waals surface area (Å²) in [5.74, 6) is 0. The van der Waals surface area contributed by atoms with Gasteiger partial charge in [-0.05, 0) is 24.0 Å². The number of aryl methyl sites for hydroxylation is 1. The maximum Gasteiger partial charge on any atom is 0.330 e. The first-order valence-electron chi connectivity index (χ1n) is 8.70. The molecule has 0 spiro atoms. The summed E-state index contributed by atoms with van der Waals surface area (Å²) in [5, 5.41) is 0. The molecular weight excluding hydrogens is 370 g/mol. The minimum absolute atomic E-state index is 0.00512. The molecule has 0 radical (unpaired) electrons.